The van der Waals surface area contributed by atoms with E-state index in [1.54, 1.807) is 0 Å². The van der Waals surface area contributed by atoms with Crippen molar-refractivity contribution in [3.05, 3.63) is 48.0 Å². The Balaban J connectivity index is 1.99. The highest BCUT2D eigenvalue weighted by molar-refractivity contribution is 5.98. The van der Waals surface area contributed by atoms with Crippen molar-refractivity contribution in [2.45, 2.75) is 13.1 Å². The van der Waals surface area contributed by atoms with Gasteiger partial charge in [0.25, 0.3) is 0 Å². The lowest BCUT2D eigenvalue weighted by atomic mass is 10.1. The lowest BCUT2D eigenvalue weighted by Crippen LogP contribution is -2.38. The molecule has 1 amide bonds. The minimum Gasteiger partial charge on any atom is -0.436 e. The third-order valence-electron chi connectivity index (χ3n) is 3.57. The van der Waals surface area contributed by atoms with Gasteiger partial charge in [0.1, 0.15) is 5.52 Å². The molecule has 0 aliphatic heterocycles. The molecule has 0 bridgehead atoms. The summed E-state index contributed by atoms with van der Waals surface area (Å²) >= 11 is 0. The Morgan fingerprint density at radius 1 is 1.17 bits per heavy atom. The number of amides is 1. The maximum Gasteiger partial charge on any atom is 0.471 e. The Morgan fingerprint density at radius 3 is 2.58 bits per heavy atom. The molecule has 0 saturated heterocycles. The molecule has 7 heteroatoms. The zero-order valence-corrected chi connectivity index (χ0v) is 12.9. The van der Waals surface area contributed by atoms with E-state index < -0.39 is 12.1 Å². The Kier molecular flexibility index (Phi) is 3.79. The van der Waals surface area contributed by atoms with Crippen LogP contribution in [0.15, 0.2) is 46.9 Å². The molecule has 124 valence electrons. The number of anilines is 1. The smallest absolute Gasteiger partial charge is 0.436 e. The molecule has 0 fully saturated rings. The largest absolute Gasteiger partial charge is 0.471 e. The van der Waals surface area contributed by atoms with Gasteiger partial charge in [-0.2, -0.15) is 13.2 Å². The molecule has 24 heavy (non-hydrogen) atoms. The van der Waals surface area contributed by atoms with Crippen molar-refractivity contribution < 1.29 is 22.4 Å². The Labute approximate surface area is 135 Å². The molecule has 1 aromatic heterocycles. The third kappa shape index (κ3) is 2.97. The maximum absolute atomic E-state index is 12.5. The van der Waals surface area contributed by atoms with Crippen LogP contribution in [0.5, 0.6) is 0 Å². The Hall–Kier alpha value is -2.83. The minimum absolute atomic E-state index is 0.0916. The van der Waals surface area contributed by atoms with Crippen molar-refractivity contribution in [1.29, 1.82) is 0 Å². The highest BCUT2D eigenvalue weighted by Crippen LogP contribution is 2.29. The average Bonchev–Trinajstić information content (AvgIpc) is 2.95. The van der Waals surface area contributed by atoms with E-state index in [0.29, 0.717) is 21.9 Å². The number of carbonyl (C=O) groups excluding carboxylic acids is 1. The van der Waals surface area contributed by atoms with Crippen LogP contribution in [0, 0.1) is 6.92 Å². The van der Waals surface area contributed by atoms with Gasteiger partial charge in [-0.05, 0) is 37.3 Å². The number of rotatable bonds is 2. The zero-order valence-electron chi connectivity index (χ0n) is 12.9. The number of aromatic nitrogens is 1. The van der Waals surface area contributed by atoms with Crippen LogP contribution in [-0.4, -0.2) is 24.1 Å². The van der Waals surface area contributed by atoms with Gasteiger partial charge in [-0.3, -0.25) is 4.79 Å². The van der Waals surface area contributed by atoms with Gasteiger partial charge in [-0.25, -0.2) is 4.98 Å². The van der Waals surface area contributed by atoms with Gasteiger partial charge in [-0.15, -0.1) is 0 Å². The van der Waals surface area contributed by atoms with Crippen LogP contribution in [0.1, 0.15) is 5.56 Å². The second-order valence-electron chi connectivity index (χ2n) is 5.40. The summed E-state index contributed by atoms with van der Waals surface area (Å²) in [6.07, 6.45) is -4.93. The molecule has 0 aliphatic rings. The first-order valence-corrected chi connectivity index (χ1v) is 7.08. The number of aryl methyl sites for hydroxylation is 1. The molecule has 0 spiro atoms. The fraction of sp³-hybridized carbons (Fsp3) is 0.176. The number of alkyl halides is 3. The first-order valence-electron chi connectivity index (χ1n) is 7.08. The summed E-state index contributed by atoms with van der Waals surface area (Å²) in [6.45, 7) is 1.93. The zero-order chi connectivity index (χ0) is 17.5. The van der Waals surface area contributed by atoms with E-state index in [4.69, 9.17) is 4.42 Å². The molecule has 3 rings (SSSR count). The molecular formula is C17H13F3N2O2. The highest BCUT2D eigenvalue weighted by Gasteiger charge is 2.41. The first kappa shape index (κ1) is 16.0. The quantitative estimate of drug-likeness (QED) is 0.701. The number of fused-ring (bicyclic) bond motifs is 1. The molecule has 3 aromatic rings. The molecule has 0 unspecified atom stereocenters. The van der Waals surface area contributed by atoms with Crippen molar-refractivity contribution in [2.75, 3.05) is 11.9 Å². The summed E-state index contributed by atoms with van der Waals surface area (Å²) < 4.78 is 43.2. The van der Waals surface area contributed by atoms with Crippen LogP contribution in [0.25, 0.3) is 22.6 Å². The van der Waals surface area contributed by atoms with Gasteiger partial charge < -0.3 is 9.32 Å². The molecule has 1 heterocycles. The molecule has 2 aromatic carbocycles. The van der Waals surface area contributed by atoms with Crippen LogP contribution in [-0.2, 0) is 4.79 Å². The number of nitrogens with zero attached hydrogens (tertiary/aromatic N) is 2. The monoisotopic (exact) mass is 334 g/mol. The molecule has 0 saturated carbocycles. The van der Waals surface area contributed by atoms with Gasteiger partial charge in [-0.1, -0.05) is 17.7 Å². The van der Waals surface area contributed by atoms with Crippen molar-refractivity contribution in [2.24, 2.45) is 0 Å². The topological polar surface area (TPSA) is 46.3 Å². The van der Waals surface area contributed by atoms with E-state index in [0.717, 1.165) is 18.2 Å². The average molecular weight is 334 g/mol. The predicted octanol–water partition coefficient (Wildman–Crippen LogP) is 4.33. The van der Waals surface area contributed by atoms with Crippen molar-refractivity contribution in [1.82, 2.24) is 4.98 Å². The second kappa shape index (κ2) is 5.67. The maximum atomic E-state index is 12.5. The van der Waals surface area contributed by atoms with E-state index in [-0.39, 0.29) is 5.69 Å². The molecule has 0 atom stereocenters. The molecule has 4 nitrogen and oxygen atoms in total. The fourth-order valence-corrected chi connectivity index (χ4v) is 2.33. The van der Waals surface area contributed by atoms with E-state index >= 15 is 0 Å². The van der Waals surface area contributed by atoms with E-state index in [1.165, 1.54) is 18.2 Å². The van der Waals surface area contributed by atoms with Gasteiger partial charge in [0, 0.05) is 18.3 Å². The molecular weight excluding hydrogens is 321 g/mol. The van der Waals surface area contributed by atoms with Crippen molar-refractivity contribution in [3.63, 3.8) is 0 Å². The van der Waals surface area contributed by atoms with Crippen LogP contribution >= 0.6 is 0 Å². The third-order valence-corrected chi connectivity index (χ3v) is 3.57. The Bertz CT molecular complexity index is 916. The fourth-order valence-electron chi connectivity index (χ4n) is 2.33. The predicted molar refractivity (Wildman–Crippen MR) is 83.6 cm³/mol. The minimum atomic E-state index is -4.93. The number of oxazole rings is 1. The van der Waals surface area contributed by atoms with E-state index in [1.807, 2.05) is 31.2 Å². The van der Waals surface area contributed by atoms with Gasteiger partial charge in [0.15, 0.2) is 5.58 Å². The Morgan fingerprint density at radius 2 is 1.92 bits per heavy atom. The molecule has 0 N–H and O–H groups in total. The summed E-state index contributed by atoms with van der Waals surface area (Å²) in [6, 6.07) is 11.8. The highest BCUT2D eigenvalue weighted by atomic mass is 19.4. The van der Waals surface area contributed by atoms with Crippen LogP contribution in [0.4, 0.5) is 18.9 Å². The number of halogens is 3. The number of hydrogen-bond donors (Lipinski definition) is 0. The van der Waals surface area contributed by atoms with Gasteiger partial charge in [0.05, 0.1) is 0 Å². The SMILES string of the molecule is Cc1cccc(-c2nc3cc(N(C)C(=O)C(F)(F)F)ccc3o2)c1. The standard InChI is InChI=1S/C17H13F3N2O2/c1-10-4-3-5-11(8-10)15-21-13-9-12(6-7-14(13)24-15)22(2)16(23)17(18,19)20/h3-9H,1-2H3. The van der Waals surface area contributed by atoms with Crippen molar-refractivity contribution in [3.8, 4) is 11.5 Å². The normalized spacial score (nSPS) is 11.7. The summed E-state index contributed by atoms with van der Waals surface area (Å²) in [7, 11) is 1.07. The molecule has 0 aliphatic carbocycles. The first-order chi connectivity index (χ1) is 11.3. The van der Waals surface area contributed by atoms with E-state index in [2.05, 4.69) is 4.98 Å². The van der Waals surface area contributed by atoms with Crippen molar-refractivity contribution >= 4 is 22.7 Å². The summed E-state index contributed by atoms with van der Waals surface area (Å²) in [5, 5.41) is 0. The van der Waals surface area contributed by atoms with Crippen LogP contribution in [0.3, 0.4) is 0 Å². The van der Waals surface area contributed by atoms with Crippen LogP contribution < -0.4 is 4.90 Å². The summed E-state index contributed by atoms with van der Waals surface area (Å²) in [5.74, 6) is -1.57. The number of benzene rings is 2. The second-order valence-corrected chi connectivity index (χ2v) is 5.40. The summed E-state index contributed by atoms with van der Waals surface area (Å²) in [5.41, 5.74) is 2.71. The van der Waals surface area contributed by atoms with Crippen LogP contribution in [0.2, 0.25) is 0 Å². The summed E-state index contributed by atoms with van der Waals surface area (Å²) in [4.78, 5) is 16.2. The van der Waals surface area contributed by atoms with Gasteiger partial charge in [0.2, 0.25) is 5.89 Å². The molecule has 0 radical (unpaired) electrons. The van der Waals surface area contributed by atoms with E-state index in [9.17, 15) is 18.0 Å². The van der Waals surface area contributed by atoms with Gasteiger partial charge >= 0.3 is 12.1 Å². The lowest BCUT2D eigenvalue weighted by molar-refractivity contribution is -0.170. The number of carbonyl (C=O) groups is 1. The lowest BCUT2D eigenvalue weighted by Gasteiger charge is -2.18. The number of hydrogen-bond acceptors (Lipinski definition) is 3.